The predicted octanol–water partition coefficient (Wildman–Crippen LogP) is 3.10. The molecule has 0 amide bonds. The molecule has 0 radical (unpaired) electrons. The molecule has 1 aliphatic carbocycles. The Hall–Kier alpha value is -1.29. The van der Waals surface area contributed by atoms with Crippen LogP contribution in [0.15, 0.2) is 12.3 Å². The minimum absolute atomic E-state index is 0.541. The van der Waals surface area contributed by atoms with Gasteiger partial charge in [0.15, 0.2) is 5.65 Å². The van der Waals surface area contributed by atoms with Crippen LogP contribution in [-0.4, -0.2) is 14.5 Å². The third-order valence-corrected chi connectivity index (χ3v) is 4.03. The summed E-state index contributed by atoms with van der Waals surface area (Å²) in [5.74, 6) is 2.06. The van der Waals surface area contributed by atoms with Gasteiger partial charge >= 0.3 is 0 Å². The molecule has 1 saturated carbocycles. The monoisotopic (exact) mass is 264 g/mol. The van der Waals surface area contributed by atoms with Crippen molar-refractivity contribution in [2.45, 2.75) is 32.7 Å². The molecule has 3 rings (SSSR count). The van der Waals surface area contributed by atoms with Crippen molar-refractivity contribution in [1.82, 2.24) is 14.5 Å². The zero-order valence-corrected chi connectivity index (χ0v) is 11.2. The molecule has 2 aromatic rings. The Morgan fingerprint density at radius 3 is 3.06 bits per heavy atom. The number of aromatic nitrogens is 3. The van der Waals surface area contributed by atoms with Crippen LogP contribution >= 0.6 is 11.6 Å². The van der Waals surface area contributed by atoms with E-state index in [1.165, 1.54) is 19.3 Å². The first kappa shape index (κ1) is 11.8. The highest BCUT2D eigenvalue weighted by Gasteiger charge is 2.23. The quantitative estimate of drug-likeness (QED) is 0.907. The van der Waals surface area contributed by atoms with Crippen molar-refractivity contribution in [1.29, 1.82) is 0 Å². The second-order valence-electron chi connectivity index (χ2n) is 5.36. The van der Waals surface area contributed by atoms with Gasteiger partial charge in [-0.15, -0.1) is 0 Å². The molecule has 0 aromatic carbocycles. The van der Waals surface area contributed by atoms with Crippen molar-refractivity contribution in [3.63, 3.8) is 0 Å². The lowest BCUT2D eigenvalue weighted by Gasteiger charge is -2.12. The summed E-state index contributed by atoms with van der Waals surface area (Å²) in [4.78, 5) is 8.68. The molecule has 0 aliphatic heterocycles. The van der Waals surface area contributed by atoms with Crippen molar-refractivity contribution in [2.75, 3.05) is 5.73 Å². The van der Waals surface area contributed by atoms with Crippen molar-refractivity contribution in [3.05, 3.63) is 17.3 Å². The van der Waals surface area contributed by atoms with E-state index in [0.717, 1.165) is 23.6 Å². The van der Waals surface area contributed by atoms with Crippen molar-refractivity contribution in [2.24, 2.45) is 11.8 Å². The fraction of sp³-hybridized carbons (Fsp3) is 0.538. The molecule has 0 bridgehead atoms. The molecule has 2 heterocycles. The van der Waals surface area contributed by atoms with Crippen LogP contribution < -0.4 is 5.73 Å². The van der Waals surface area contributed by atoms with Gasteiger partial charge in [-0.25, -0.2) is 9.97 Å². The van der Waals surface area contributed by atoms with E-state index in [9.17, 15) is 0 Å². The highest BCUT2D eigenvalue weighted by molar-refractivity contribution is 6.31. The van der Waals surface area contributed by atoms with Crippen LogP contribution in [0.2, 0.25) is 5.02 Å². The lowest BCUT2D eigenvalue weighted by Crippen LogP contribution is -2.11. The molecule has 4 nitrogen and oxygen atoms in total. The van der Waals surface area contributed by atoms with Crippen LogP contribution in [0.4, 0.5) is 5.95 Å². The number of nitrogens with zero attached hydrogens (tertiary/aromatic N) is 3. The number of hydrogen-bond donors (Lipinski definition) is 1. The van der Waals surface area contributed by atoms with E-state index in [1.807, 2.05) is 10.6 Å². The van der Waals surface area contributed by atoms with Crippen molar-refractivity contribution < 1.29 is 0 Å². The van der Waals surface area contributed by atoms with Crippen LogP contribution in [0.5, 0.6) is 0 Å². The summed E-state index contributed by atoms with van der Waals surface area (Å²) in [5, 5.41) is 0.599. The molecule has 0 spiro atoms. The molecule has 2 unspecified atom stereocenters. The minimum Gasteiger partial charge on any atom is -0.369 e. The van der Waals surface area contributed by atoms with Gasteiger partial charge in [0, 0.05) is 12.7 Å². The normalized spacial score (nSPS) is 23.9. The number of nitrogens with two attached hydrogens (primary N) is 1. The molecule has 2 N–H and O–H groups in total. The SMILES string of the molecule is CC1CCC(Cn2c(N)nc3cc(Cl)cnc32)C1. The zero-order chi connectivity index (χ0) is 12.7. The Labute approximate surface area is 111 Å². The first-order valence-corrected chi connectivity index (χ1v) is 6.78. The van der Waals surface area contributed by atoms with Crippen molar-refractivity contribution >= 4 is 28.7 Å². The van der Waals surface area contributed by atoms with Crippen LogP contribution in [0.3, 0.4) is 0 Å². The van der Waals surface area contributed by atoms with Gasteiger partial charge in [-0.05, 0) is 30.7 Å². The largest absolute Gasteiger partial charge is 0.369 e. The Balaban J connectivity index is 1.93. The highest BCUT2D eigenvalue weighted by Crippen LogP contribution is 2.32. The Bertz CT molecular complexity index is 578. The highest BCUT2D eigenvalue weighted by atomic mass is 35.5. The van der Waals surface area contributed by atoms with Gasteiger partial charge in [0.2, 0.25) is 5.95 Å². The standard InChI is InChI=1S/C13H17ClN4/c1-8-2-3-9(4-8)7-18-12-11(17-13(18)15)5-10(14)6-16-12/h5-6,8-9H,2-4,7H2,1H3,(H2,15,17). The molecule has 0 saturated heterocycles. The van der Waals surface area contributed by atoms with Gasteiger partial charge < -0.3 is 5.73 Å². The lowest BCUT2D eigenvalue weighted by atomic mass is 10.1. The predicted molar refractivity (Wildman–Crippen MR) is 73.5 cm³/mol. The van der Waals surface area contributed by atoms with E-state index in [-0.39, 0.29) is 0 Å². The second kappa shape index (κ2) is 4.43. The summed E-state index contributed by atoms with van der Waals surface area (Å²) in [7, 11) is 0. The number of halogens is 1. The second-order valence-corrected chi connectivity index (χ2v) is 5.80. The summed E-state index contributed by atoms with van der Waals surface area (Å²) < 4.78 is 2.02. The summed E-state index contributed by atoms with van der Waals surface area (Å²) >= 11 is 5.92. The lowest BCUT2D eigenvalue weighted by molar-refractivity contribution is 0.449. The molecule has 2 aromatic heterocycles. The summed E-state index contributed by atoms with van der Waals surface area (Å²) in [6.07, 6.45) is 5.51. The third-order valence-electron chi connectivity index (χ3n) is 3.83. The van der Waals surface area contributed by atoms with Crippen LogP contribution in [0, 0.1) is 11.8 Å². The minimum atomic E-state index is 0.541. The summed E-state index contributed by atoms with van der Waals surface area (Å²) in [6.45, 7) is 3.23. The molecule has 2 atom stereocenters. The van der Waals surface area contributed by atoms with Crippen LogP contribution in [0.25, 0.3) is 11.2 Å². The van der Waals surface area contributed by atoms with Crippen molar-refractivity contribution in [3.8, 4) is 0 Å². The number of fused-ring (bicyclic) bond motifs is 1. The molecule has 96 valence electrons. The first-order chi connectivity index (χ1) is 8.63. The van der Waals surface area contributed by atoms with E-state index in [2.05, 4.69) is 16.9 Å². The fourth-order valence-corrected chi connectivity index (χ4v) is 3.09. The van der Waals surface area contributed by atoms with Gasteiger partial charge in [0.1, 0.15) is 5.52 Å². The molecular formula is C13H17ClN4. The molecule has 1 fully saturated rings. The first-order valence-electron chi connectivity index (χ1n) is 6.40. The maximum atomic E-state index is 5.98. The van der Waals surface area contributed by atoms with E-state index in [4.69, 9.17) is 17.3 Å². The van der Waals surface area contributed by atoms with Gasteiger partial charge in [0.05, 0.1) is 5.02 Å². The van der Waals surface area contributed by atoms with E-state index in [0.29, 0.717) is 16.9 Å². The number of hydrogen-bond acceptors (Lipinski definition) is 3. The molecule has 5 heteroatoms. The molecule has 1 aliphatic rings. The van der Waals surface area contributed by atoms with Gasteiger partial charge in [0.25, 0.3) is 0 Å². The molecule has 18 heavy (non-hydrogen) atoms. The van der Waals surface area contributed by atoms with E-state index in [1.54, 1.807) is 6.20 Å². The maximum absolute atomic E-state index is 5.98. The Morgan fingerprint density at radius 2 is 2.33 bits per heavy atom. The number of pyridine rings is 1. The molecular weight excluding hydrogens is 248 g/mol. The third kappa shape index (κ3) is 2.05. The maximum Gasteiger partial charge on any atom is 0.202 e. The number of anilines is 1. The number of rotatable bonds is 2. The van der Waals surface area contributed by atoms with Crippen LogP contribution in [0.1, 0.15) is 26.2 Å². The smallest absolute Gasteiger partial charge is 0.202 e. The van der Waals surface area contributed by atoms with E-state index < -0.39 is 0 Å². The number of nitrogen functional groups attached to an aromatic ring is 1. The fourth-order valence-electron chi connectivity index (χ4n) is 2.93. The van der Waals surface area contributed by atoms with Gasteiger partial charge in [-0.2, -0.15) is 0 Å². The van der Waals surface area contributed by atoms with E-state index >= 15 is 0 Å². The van der Waals surface area contributed by atoms with Gasteiger partial charge in [-0.3, -0.25) is 4.57 Å². The van der Waals surface area contributed by atoms with Crippen LogP contribution in [-0.2, 0) is 6.54 Å². The zero-order valence-electron chi connectivity index (χ0n) is 10.4. The number of imidazole rings is 1. The van der Waals surface area contributed by atoms with Gasteiger partial charge in [-0.1, -0.05) is 24.9 Å². The summed E-state index contributed by atoms with van der Waals surface area (Å²) in [6, 6.07) is 1.81. The topological polar surface area (TPSA) is 56.7 Å². The average Bonchev–Trinajstić information content (AvgIpc) is 2.84. The average molecular weight is 265 g/mol. The Morgan fingerprint density at radius 1 is 1.50 bits per heavy atom. The summed E-state index contributed by atoms with van der Waals surface area (Å²) in [5.41, 5.74) is 7.61. The Kier molecular flexibility index (Phi) is 2.90.